The van der Waals surface area contributed by atoms with Gasteiger partial charge in [-0.05, 0) is 0 Å². The normalized spacial score (nSPS) is 9.88. The van der Waals surface area contributed by atoms with Gasteiger partial charge in [0.25, 0.3) is 0 Å². The lowest BCUT2D eigenvalue weighted by Crippen LogP contribution is -1.98. The molecule has 0 saturated carbocycles. The van der Waals surface area contributed by atoms with E-state index in [1.165, 1.54) is 10.8 Å². The van der Waals surface area contributed by atoms with E-state index in [0.29, 0.717) is 0 Å². The first kappa shape index (κ1) is 7.79. The molecule has 0 aliphatic carbocycles. The Labute approximate surface area is 58.5 Å². The van der Waals surface area contributed by atoms with Gasteiger partial charge in [-0.15, -0.1) is 0 Å². The number of hydrogen-bond acceptors (Lipinski definition) is 1. The Hall–Kier alpha value is -0.210. The Kier molecular flexibility index (Phi) is 3.65. The Morgan fingerprint density at radius 3 is 2.50 bits per heavy atom. The van der Waals surface area contributed by atoms with E-state index in [4.69, 9.17) is 23.4 Å². The van der Waals surface area contributed by atoms with Crippen LogP contribution >= 0.6 is 23.4 Å². The van der Waals surface area contributed by atoms with Crippen LogP contribution in [0.1, 0.15) is 0 Å². The molecule has 0 heterocycles. The topological polar surface area (TPSA) is 15.6 Å². The van der Waals surface area contributed by atoms with Crippen molar-refractivity contribution in [3.8, 4) is 0 Å². The minimum atomic E-state index is 0.220. The number of halogens is 2. The SMILES string of the molecule is C=C(Cl)N=CN(C)Cl. The second-order valence-corrected chi connectivity index (χ2v) is 2.12. The molecule has 0 saturated heterocycles. The van der Waals surface area contributed by atoms with Crippen molar-refractivity contribution in [2.24, 2.45) is 4.99 Å². The molecule has 0 aromatic rings. The largest absolute Gasteiger partial charge is 0.278 e. The molecular weight excluding hydrogens is 147 g/mol. The van der Waals surface area contributed by atoms with Crippen molar-refractivity contribution >= 4 is 29.7 Å². The quantitative estimate of drug-likeness (QED) is 0.255. The fourth-order valence-corrected chi connectivity index (χ4v) is 0.229. The van der Waals surface area contributed by atoms with Gasteiger partial charge in [0.1, 0.15) is 11.5 Å². The van der Waals surface area contributed by atoms with E-state index in [1.807, 2.05) is 0 Å². The monoisotopic (exact) mass is 152 g/mol. The van der Waals surface area contributed by atoms with E-state index >= 15 is 0 Å². The van der Waals surface area contributed by atoms with Gasteiger partial charge in [0.05, 0.1) is 0 Å². The molecule has 0 aliphatic rings. The van der Waals surface area contributed by atoms with Gasteiger partial charge in [0.2, 0.25) is 0 Å². The maximum absolute atomic E-state index is 5.31. The lowest BCUT2D eigenvalue weighted by molar-refractivity contribution is 0.847. The van der Waals surface area contributed by atoms with Crippen LogP contribution in [0.4, 0.5) is 0 Å². The summed E-state index contributed by atoms with van der Waals surface area (Å²) in [5.41, 5.74) is 0. The molecule has 2 nitrogen and oxygen atoms in total. The summed E-state index contributed by atoms with van der Waals surface area (Å²) in [5.74, 6) is 0. The predicted molar refractivity (Wildman–Crippen MR) is 37.1 cm³/mol. The highest BCUT2D eigenvalue weighted by Crippen LogP contribution is 1.96. The zero-order valence-corrected chi connectivity index (χ0v) is 5.95. The Balaban J connectivity index is 3.50. The zero-order chi connectivity index (χ0) is 6.57. The van der Waals surface area contributed by atoms with Gasteiger partial charge in [-0.3, -0.25) is 4.42 Å². The van der Waals surface area contributed by atoms with Crippen LogP contribution in [0, 0.1) is 0 Å². The molecule has 0 spiro atoms. The molecule has 0 radical (unpaired) electrons. The third-order valence-electron chi connectivity index (χ3n) is 0.357. The second-order valence-electron chi connectivity index (χ2n) is 1.15. The summed E-state index contributed by atoms with van der Waals surface area (Å²) in [6, 6.07) is 0. The summed E-state index contributed by atoms with van der Waals surface area (Å²) in [6.07, 6.45) is 1.36. The van der Waals surface area contributed by atoms with E-state index in [1.54, 1.807) is 7.05 Å². The highest BCUT2D eigenvalue weighted by Gasteiger charge is 1.79. The van der Waals surface area contributed by atoms with E-state index in [2.05, 4.69) is 11.6 Å². The summed E-state index contributed by atoms with van der Waals surface area (Å²) in [6.45, 7) is 3.31. The fourth-order valence-electron chi connectivity index (χ4n) is 0.142. The standard InChI is InChI=1S/C4H6Cl2N2/c1-4(5)7-3-8(2)6/h3H,1H2,2H3. The minimum absolute atomic E-state index is 0.220. The highest BCUT2D eigenvalue weighted by molar-refractivity contribution is 6.29. The molecule has 0 aromatic heterocycles. The van der Waals surface area contributed by atoms with Gasteiger partial charge in [-0.25, -0.2) is 4.99 Å². The molecule has 0 amide bonds. The van der Waals surface area contributed by atoms with Crippen molar-refractivity contribution in [1.82, 2.24) is 4.42 Å². The molecule has 8 heavy (non-hydrogen) atoms. The molecule has 0 bridgehead atoms. The van der Waals surface area contributed by atoms with Crippen molar-refractivity contribution in [2.45, 2.75) is 0 Å². The Bertz CT molecular complexity index is 109. The summed E-state index contributed by atoms with van der Waals surface area (Å²) >= 11 is 10.6. The lowest BCUT2D eigenvalue weighted by Gasteiger charge is -1.95. The van der Waals surface area contributed by atoms with Crippen LogP contribution in [0.15, 0.2) is 16.7 Å². The second kappa shape index (κ2) is 3.75. The molecule has 0 N–H and O–H groups in total. The van der Waals surface area contributed by atoms with Crippen molar-refractivity contribution < 1.29 is 0 Å². The summed E-state index contributed by atoms with van der Waals surface area (Å²) in [5, 5.41) is 0.220. The van der Waals surface area contributed by atoms with Gasteiger partial charge in [0, 0.05) is 18.8 Å². The first-order chi connectivity index (χ1) is 3.63. The molecule has 0 atom stereocenters. The number of rotatable bonds is 2. The maximum atomic E-state index is 5.31. The number of hydrogen-bond donors (Lipinski definition) is 0. The Morgan fingerprint density at radius 1 is 1.88 bits per heavy atom. The van der Waals surface area contributed by atoms with Crippen molar-refractivity contribution in [2.75, 3.05) is 7.05 Å². The van der Waals surface area contributed by atoms with Crippen LogP contribution < -0.4 is 0 Å². The molecule has 46 valence electrons. The maximum Gasteiger partial charge on any atom is 0.123 e. The van der Waals surface area contributed by atoms with Gasteiger partial charge in [-0.1, -0.05) is 18.2 Å². The number of nitrogens with zero attached hydrogens (tertiary/aromatic N) is 2. The zero-order valence-electron chi connectivity index (χ0n) is 4.43. The molecule has 0 rings (SSSR count). The number of aliphatic imine (C=N–C) groups is 1. The molecule has 0 aliphatic heterocycles. The molecular formula is C4H6Cl2N2. The van der Waals surface area contributed by atoms with E-state index < -0.39 is 0 Å². The first-order valence-corrected chi connectivity index (χ1v) is 2.61. The van der Waals surface area contributed by atoms with Crippen LogP contribution in [0.25, 0.3) is 0 Å². The van der Waals surface area contributed by atoms with Gasteiger partial charge < -0.3 is 0 Å². The molecule has 0 fully saturated rings. The third kappa shape index (κ3) is 5.79. The highest BCUT2D eigenvalue weighted by atomic mass is 35.5. The predicted octanol–water partition coefficient (Wildman–Crippen LogP) is 1.81. The van der Waals surface area contributed by atoms with Crippen molar-refractivity contribution in [3.63, 3.8) is 0 Å². The Morgan fingerprint density at radius 2 is 2.38 bits per heavy atom. The average molecular weight is 153 g/mol. The third-order valence-corrected chi connectivity index (χ3v) is 0.542. The first-order valence-electron chi connectivity index (χ1n) is 1.90. The van der Waals surface area contributed by atoms with Crippen LogP contribution in [0.5, 0.6) is 0 Å². The van der Waals surface area contributed by atoms with Gasteiger partial charge >= 0.3 is 0 Å². The molecule has 0 unspecified atom stereocenters. The van der Waals surface area contributed by atoms with Crippen LogP contribution in [-0.2, 0) is 0 Å². The van der Waals surface area contributed by atoms with Crippen LogP contribution in [0.3, 0.4) is 0 Å². The van der Waals surface area contributed by atoms with Gasteiger partial charge in [-0.2, -0.15) is 0 Å². The summed E-state index contributed by atoms with van der Waals surface area (Å²) in [7, 11) is 1.63. The lowest BCUT2D eigenvalue weighted by atomic mass is 11.0. The van der Waals surface area contributed by atoms with E-state index in [9.17, 15) is 0 Å². The van der Waals surface area contributed by atoms with Gasteiger partial charge in [0.15, 0.2) is 0 Å². The summed E-state index contributed by atoms with van der Waals surface area (Å²) < 4.78 is 1.26. The summed E-state index contributed by atoms with van der Waals surface area (Å²) in [4.78, 5) is 3.56. The van der Waals surface area contributed by atoms with E-state index in [-0.39, 0.29) is 5.16 Å². The smallest absolute Gasteiger partial charge is 0.123 e. The van der Waals surface area contributed by atoms with Crippen molar-refractivity contribution in [1.29, 1.82) is 0 Å². The molecule has 0 aromatic carbocycles. The molecule has 4 heteroatoms. The van der Waals surface area contributed by atoms with E-state index in [0.717, 1.165) is 0 Å². The minimum Gasteiger partial charge on any atom is -0.278 e. The average Bonchev–Trinajstić information content (AvgIpc) is 1.61. The fraction of sp³-hybridized carbons (Fsp3) is 0.250. The van der Waals surface area contributed by atoms with Crippen LogP contribution in [-0.4, -0.2) is 17.8 Å². The van der Waals surface area contributed by atoms with Crippen LogP contribution in [0.2, 0.25) is 0 Å². The van der Waals surface area contributed by atoms with Crippen molar-refractivity contribution in [3.05, 3.63) is 11.7 Å².